The molecule has 0 aliphatic carbocycles. The average Bonchev–Trinajstić information content (AvgIpc) is 1.88. The van der Waals surface area contributed by atoms with E-state index in [0.29, 0.717) is 22.0 Å². The van der Waals surface area contributed by atoms with E-state index < -0.39 is 6.17 Å². The van der Waals surface area contributed by atoms with Gasteiger partial charge in [-0.1, -0.05) is 0 Å². The molecular weight excluding hydrogens is 150 g/mol. The summed E-state index contributed by atoms with van der Waals surface area (Å²) in [4.78, 5) is 8.16. The maximum absolute atomic E-state index is 10.2. The zero-order valence-corrected chi connectivity index (χ0v) is 6.26. The second kappa shape index (κ2) is 2.85. The SMILES string of the molecule is CC1=NC(N)C(=S=O)C=N1. The van der Waals surface area contributed by atoms with Crippen molar-refractivity contribution in [3.05, 3.63) is 0 Å². The van der Waals surface area contributed by atoms with Gasteiger partial charge in [0.1, 0.15) is 16.9 Å². The molecule has 0 aromatic rings. The summed E-state index contributed by atoms with van der Waals surface area (Å²) < 4.78 is 10.2. The fourth-order valence-corrected chi connectivity index (χ4v) is 0.849. The Labute approximate surface area is 61.9 Å². The number of rotatable bonds is 0. The maximum Gasteiger partial charge on any atom is 0.139 e. The second-order valence-corrected chi connectivity index (χ2v) is 2.50. The molecule has 1 atom stereocenters. The summed E-state index contributed by atoms with van der Waals surface area (Å²) >= 11 is 0.341. The molecule has 0 aromatic heterocycles. The molecule has 54 valence electrons. The zero-order chi connectivity index (χ0) is 7.56. The number of amidine groups is 1. The average molecular weight is 157 g/mol. The van der Waals surface area contributed by atoms with Crippen LogP contribution in [0.1, 0.15) is 6.92 Å². The fourth-order valence-electron chi connectivity index (χ4n) is 0.602. The van der Waals surface area contributed by atoms with Crippen LogP contribution in [0.2, 0.25) is 0 Å². The monoisotopic (exact) mass is 157 g/mol. The van der Waals surface area contributed by atoms with Crippen molar-refractivity contribution < 1.29 is 4.21 Å². The van der Waals surface area contributed by atoms with Crippen molar-refractivity contribution in [3.63, 3.8) is 0 Å². The summed E-state index contributed by atoms with van der Waals surface area (Å²) in [6, 6.07) is 0. The van der Waals surface area contributed by atoms with Gasteiger partial charge in [-0.2, -0.15) is 0 Å². The smallest absolute Gasteiger partial charge is 0.139 e. The second-order valence-electron chi connectivity index (χ2n) is 1.87. The molecule has 0 spiro atoms. The van der Waals surface area contributed by atoms with Crippen LogP contribution in [0.3, 0.4) is 0 Å². The van der Waals surface area contributed by atoms with Gasteiger partial charge in [-0.05, 0) is 6.92 Å². The normalized spacial score (nSPS) is 24.4. The summed E-state index contributed by atoms with van der Waals surface area (Å²) in [5.74, 6) is 0.616. The molecule has 0 fully saturated rings. The molecule has 0 amide bonds. The van der Waals surface area contributed by atoms with Gasteiger partial charge in [0, 0.05) is 6.21 Å². The molecule has 1 unspecified atom stereocenters. The standard InChI is InChI=1S/C5H7N3OS/c1-3-7-2-4(10-9)5(6)8-3/h2,5H,6H2,1H3. The summed E-state index contributed by atoms with van der Waals surface area (Å²) in [5, 5.41) is 0. The van der Waals surface area contributed by atoms with E-state index in [0.717, 1.165) is 0 Å². The van der Waals surface area contributed by atoms with Crippen molar-refractivity contribution in [1.29, 1.82) is 0 Å². The van der Waals surface area contributed by atoms with Crippen LogP contribution in [0.25, 0.3) is 0 Å². The van der Waals surface area contributed by atoms with Crippen LogP contribution in [0.5, 0.6) is 0 Å². The van der Waals surface area contributed by atoms with Gasteiger partial charge in [-0.15, -0.1) is 0 Å². The van der Waals surface area contributed by atoms with E-state index in [9.17, 15) is 4.21 Å². The Morgan fingerprint density at radius 1 is 1.80 bits per heavy atom. The lowest BCUT2D eigenvalue weighted by atomic mass is 10.3. The first-order valence-electron chi connectivity index (χ1n) is 2.75. The van der Waals surface area contributed by atoms with Crippen molar-refractivity contribution in [3.8, 4) is 0 Å². The van der Waals surface area contributed by atoms with E-state index in [2.05, 4.69) is 9.98 Å². The summed E-state index contributed by atoms with van der Waals surface area (Å²) in [7, 11) is 0. The lowest BCUT2D eigenvalue weighted by Gasteiger charge is -2.07. The number of nitrogens with two attached hydrogens (primary N) is 1. The predicted octanol–water partition coefficient (Wildman–Crippen LogP) is -0.841. The Morgan fingerprint density at radius 3 is 3.00 bits per heavy atom. The first-order chi connectivity index (χ1) is 4.74. The lowest BCUT2D eigenvalue weighted by Crippen LogP contribution is -2.32. The Morgan fingerprint density at radius 2 is 2.50 bits per heavy atom. The van der Waals surface area contributed by atoms with Crippen LogP contribution in [0.4, 0.5) is 0 Å². The Balaban J connectivity index is 2.95. The first-order valence-corrected chi connectivity index (χ1v) is 3.49. The van der Waals surface area contributed by atoms with Crippen LogP contribution in [0.15, 0.2) is 9.98 Å². The Hall–Kier alpha value is -0.810. The molecule has 0 bridgehead atoms. The molecule has 5 heteroatoms. The number of hydrogen-bond acceptors (Lipinski definition) is 4. The highest BCUT2D eigenvalue weighted by Gasteiger charge is 2.10. The minimum atomic E-state index is -0.500. The largest absolute Gasteiger partial charge is 0.305 e. The van der Waals surface area contributed by atoms with E-state index in [1.165, 1.54) is 6.21 Å². The van der Waals surface area contributed by atoms with E-state index >= 15 is 0 Å². The van der Waals surface area contributed by atoms with Crippen molar-refractivity contribution in [2.24, 2.45) is 15.7 Å². The molecule has 2 N–H and O–H groups in total. The molecule has 4 nitrogen and oxygen atoms in total. The Kier molecular flexibility index (Phi) is 2.08. The minimum absolute atomic E-state index is 0.341. The van der Waals surface area contributed by atoms with E-state index in [-0.39, 0.29) is 0 Å². The summed E-state index contributed by atoms with van der Waals surface area (Å²) in [5.41, 5.74) is 5.44. The van der Waals surface area contributed by atoms with E-state index in [4.69, 9.17) is 5.73 Å². The van der Waals surface area contributed by atoms with Crippen molar-refractivity contribution in [2.45, 2.75) is 13.1 Å². The van der Waals surface area contributed by atoms with Crippen LogP contribution in [-0.4, -0.2) is 27.3 Å². The van der Waals surface area contributed by atoms with E-state index in [1.54, 1.807) is 6.92 Å². The first kappa shape index (κ1) is 7.30. The highest BCUT2D eigenvalue weighted by molar-refractivity contribution is 7.68. The Bertz CT molecular complexity index is 252. The highest BCUT2D eigenvalue weighted by Crippen LogP contribution is 1.92. The molecule has 0 saturated carbocycles. The van der Waals surface area contributed by atoms with Gasteiger partial charge in [0.15, 0.2) is 0 Å². The molecular formula is C5H7N3OS. The van der Waals surface area contributed by atoms with Gasteiger partial charge in [-0.3, -0.25) is 0 Å². The van der Waals surface area contributed by atoms with E-state index in [1.807, 2.05) is 0 Å². The number of nitrogens with zero attached hydrogens (tertiary/aromatic N) is 2. The maximum atomic E-state index is 10.2. The van der Waals surface area contributed by atoms with Crippen LogP contribution >= 0.6 is 0 Å². The molecule has 0 radical (unpaired) electrons. The molecule has 10 heavy (non-hydrogen) atoms. The third kappa shape index (κ3) is 1.37. The highest BCUT2D eigenvalue weighted by atomic mass is 32.1. The molecule has 1 rings (SSSR count). The molecule has 1 heterocycles. The molecule has 1 aliphatic rings. The van der Waals surface area contributed by atoms with Crippen molar-refractivity contribution >= 4 is 28.2 Å². The van der Waals surface area contributed by atoms with Gasteiger partial charge >= 0.3 is 0 Å². The third-order valence-corrected chi connectivity index (χ3v) is 1.63. The zero-order valence-electron chi connectivity index (χ0n) is 5.44. The fraction of sp³-hybridized carbons (Fsp3) is 0.400. The quantitative estimate of drug-likeness (QED) is 0.466. The van der Waals surface area contributed by atoms with Crippen molar-refractivity contribution in [1.82, 2.24) is 0 Å². The van der Waals surface area contributed by atoms with Crippen LogP contribution in [-0.2, 0) is 11.3 Å². The molecule has 1 aliphatic heterocycles. The summed E-state index contributed by atoms with van der Waals surface area (Å²) in [6.45, 7) is 1.74. The van der Waals surface area contributed by atoms with Gasteiger partial charge < -0.3 is 5.73 Å². The summed E-state index contributed by atoms with van der Waals surface area (Å²) in [6.07, 6.45) is 0.963. The molecule has 0 aromatic carbocycles. The van der Waals surface area contributed by atoms with Gasteiger partial charge in [0.05, 0.1) is 11.3 Å². The number of hydrogen-bond donors (Lipinski definition) is 1. The van der Waals surface area contributed by atoms with Crippen molar-refractivity contribution in [2.75, 3.05) is 0 Å². The molecule has 0 saturated heterocycles. The minimum Gasteiger partial charge on any atom is -0.305 e. The van der Waals surface area contributed by atoms with Gasteiger partial charge in [0.2, 0.25) is 0 Å². The third-order valence-electron chi connectivity index (χ3n) is 1.09. The van der Waals surface area contributed by atoms with Gasteiger partial charge in [0.25, 0.3) is 0 Å². The van der Waals surface area contributed by atoms with Gasteiger partial charge in [-0.25, -0.2) is 14.2 Å². The lowest BCUT2D eigenvalue weighted by molar-refractivity contribution is 0.700. The van der Waals surface area contributed by atoms with Crippen LogP contribution < -0.4 is 5.73 Å². The number of aliphatic imine (C=N–C) groups is 2. The van der Waals surface area contributed by atoms with Crippen LogP contribution in [0, 0.1) is 0 Å². The topological polar surface area (TPSA) is 67.8 Å². The predicted molar refractivity (Wildman–Crippen MR) is 42.7 cm³/mol.